The summed E-state index contributed by atoms with van der Waals surface area (Å²) in [5.74, 6) is 5.47. The first-order valence-corrected chi connectivity index (χ1v) is 5.33. The van der Waals surface area contributed by atoms with Gasteiger partial charge in [-0.3, -0.25) is 4.79 Å². The van der Waals surface area contributed by atoms with Gasteiger partial charge in [-0.05, 0) is 35.0 Å². The summed E-state index contributed by atoms with van der Waals surface area (Å²) in [6.45, 7) is 2.32. The van der Waals surface area contributed by atoms with Crippen LogP contribution in [-0.2, 0) is 0 Å². The molecule has 1 amide bonds. The average Bonchev–Trinajstić information content (AvgIpc) is 2.24. The molecule has 1 aromatic heterocycles. The number of carbonyl (C=O) groups is 1. The van der Waals surface area contributed by atoms with Gasteiger partial charge in [0.05, 0.1) is 0 Å². The van der Waals surface area contributed by atoms with Gasteiger partial charge in [-0.2, -0.15) is 0 Å². The van der Waals surface area contributed by atoms with E-state index in [1.165, 1.54) is 0 Å². The molecule has 4 heteroatoms. The summed E-state index contributed by atoms with van der Waals surface area (Å²) < 4.78 is 0.656. The van der Waals surface area contributed by atoms with E-state index in [9.17, 15) is 4.79 Å². The van der Waals surface area contributed by atoms with Crippen LogP contribution in [0.2, 0.25) is 0 Å². The lowest BCUT2D eigenvalue weighted by atomic mass is 10.3. The van der Waals surface area contributed by atoms with E-state index in [0.29, 0.717) is 23.3 Å². The summed E-state index contributed by atoms with van der Waals surface area (Å²) in [5.41, 5.74) is 0.411. The van der Waals surface area contributed by atoms with Gasteiger partial charge in [0.1, 0.15) is 10.3 Å². The average molecular weight is 267 g/mol. The topological polar surface area (TPSA) is 42.0 Å². The minimum Gasteiger partial charge on any atom is -0.350 e. The maximum Gasteiger partial charge on any atom is 0.269 e. The van der Waals surface area contributed by atoms with Crippen LogP contribution < -0.4 is 5.32 Å². The van der Waals surface area contributed by atoms with Gasteiger partial charge >= 0.3 is 0 Å². The van der Waals surface area contributed by atoms with E-state index >= 15 is 0 Å². The van der Waals surface area contributed by atoms with Gasteiger partial charge in [0, 0.05) is 13.0 Å². The molecular formula is C11H11BrN2O. The predicted octanol–water partition coefficient (Wildman–Crippen LogP) is 1.99. The van der Waals surface area contributed by atoms with Crippen LogP contribution in [0.3, 0.4) is 0 Å². The summed E-state index contributed by atoms with van der Waals surface area (Å²) in [6.07, 6.45) is 0.663. The van der Waals surface area contributed by atoms with Crippen molar-refractivity contribution in [1.82, 2.24) is 10.3 Å². The van der Waals surface area contributed by atoms with Crippen LogP contribution in [0.25, 0.3) is 0 Å². The highest BCUT2D eigenvalue weighted by molar-refractivity contribution is 9.10. The number of halogens is 1. The third-order valence-electron chi connectivity index (χ3n) is 1.66. The Bertz CT molecular complexity index is 407. The molecule has 0 aromatic carbocycles. The van der Waals surface area contributed by atoms with Crippen molar-refractivity contribution in [3.8, 4) is 11.8 Å². The minimum atomic E-state index is -0.172. The Morgan fingerprint density at radius 2 is 2.40 bits per heavy atom. The molecule has 0 fully saturated rings. The zero-order valence-electron chi connectivity index (χ0n) is 8.38. The fraction of sp³-hybridized carbons (Fsp3) is 0.273. The van der Waals surface area contributed by atoms with Crippen molar-refractivity contribution in [3.63, 3.8) is 0 Å². The van der Waals surface area contributed by atoms with Gasteiger partial charge in [0.15, 0.2) is 0 Å². The lowest BCUT2D eigenvalue weighted by Gasteiger charge is -2.01. The SMILES string of the molecule is CC#CCCNC(=O)c1cccc(Br)n1. The van der Waals surface area contributed by atoms with Gasteiger partial charge in [0.2, 0.25) is 0 Å². The molecular weight excluding hydrogens is 256 g/mol. The summed E-state index contributed by atoms with van der Waals surface area (Å²) in [4.78, 5) is 15.6. The summed E-state index contributed by atoms with van der Waals surface area (Å²) >= 11 is 3.21. The lowest BCUT2D eigenvalue weighted by molar-refractivity contribution is 0.0949. The van der Waals surface area contributed by atoms with Crippen molar-refractivity contribution in [1.29, 1.82) is 0 Å². The lowest BCUT2D eigenvalue weighted by Crippen LogP contribution is -2.25. The molecule has 1 aromatic rings. The third-order valence-corrected chi connectivity index (χ3v) is 2.10. The van der Waals surface area contributed by atoms with Gasteiger partial charge in [-0.15, -0.1) is 11.8 Å². The van der Waals surface area contributed by atoms with Crippen LogP contribution in [0.15, 0.2) is 22.8 Å². The highest BCUT2D eigenvalue weighted by Crippen LogP contribution is 2.05. The van der Waals surface area contributed by atoms with Crippen molar-refractivity contribution in [3.05, 3.63) is 28.5 Å². The molecule has 0 aliphatic rings. The molecule has 0 saturated carbocycles. The van der Waals surface area contributed by atoms with E-state index in [1.54, 1.807) is 25.1 Å². The number of amides is 1. The van der Waals surface area contributed by atoms with Crippen molar-refractivity contribution in [2.45, 2.75) is 13.3 Å². The first-order valence-electron chi connectivity index (χ1n) is 4.54. The standard InChI is InChI=1S/C11H11BrN2O/c1-2-3-4-8-13-11(15)9-6-5-7-10(12)14-9/h5-7H,4,8H2,1H3,(H,13,15). The number of hydrogen-bond acceptors (Lipinski definition) is 2. The Labute approximate surface area is 97.4 Å². The Kier molecular flexibility index (Phi) is 4.85. The molecule has 0 spiro atoms. The molecule has 78 valence electrons. The summed E-state index contributed by atoms with van der Waals surface area (Å²) in [5, 5.41) is 2.74. The Balaban J connectivity index is 2.49. The van der Waals surface area contributed by atoms with Crippen LogP contribution >= 0.6 is 15.9 Å². The van der Waals surface area contributed by atoms with E-state index in [0.717, 1.165) is 0 Å². The van der Waals surface area contributed by atoms with Crippen LogP contribution in [0.4, 0.5) is 0 Å². The maximum atomic E-state index is 11.5. The second-order valence-electron chi connectivity index (χ2n) is 2.78. The molecule has 15 heavy (non-hydrogen) atoms. The fourth-order valence-electron chi connectivity index (χ4n) is 0.989. The molecule has 1 heterocycles. The molecule has 1 N–H and O–H groups in total. The van der Waals surface area contributed by atoms with E-state index < -0.39 is 0 Å². The zero-order valence-corrected chi connectivity index (χ0v) is 9.97. The minimum absolute atomic E-state index is 0.172. The highest BCUT2D eigenvalue weighted by atomic mass is 79.9. The number of nitrogens with one attached hydrogen (secondary N) is 1. The number of nitrogens with zero attached hydrogens (tertiary/aromatic N) is 1. The van der Waals surface area contributed by atoms with Gasteiger partial charge in [-0.1, -0.05) is 6.07 Å². The van der Waals surface area contributed by atoms with E-state index in [-0.39, 0.29) is 5.91 Å². The third kappa shape index (κ3) is 4.13. The smallest absolute Gasteiger partial charge is 0.269 e. The monoisotopic (exact) mass is 266 g/mol. The van der Waals surface area contributed by atoms with Crippen LogP contribution in [0, 0.1) is 11.8 Å². The first-order chi connectivity index (χ1) is 7.24. The molecule has 0 aliphatic carbocycles. The van der Waals surface area contributed by atoms with Crippen molar-refractivity contribution < 1.29 is 4.79 Å². The van der Waals surface area contributed by atoms with Crippen LogP contribution in [-0.4, -0.2) is 17.4 Å². The van der Waals surface area contributed by atoms with Crippen molar-refractivity contribution in [2.75, 3.05) is 6.54 Å². The Hall–Kier alpha value is -1.34. The summed E-state index contributed by atoms with van der Waals surface area (Å²) in [6, 6.07) is 5.22. The van der Waals surface area contributed by atoms with E-state index in [2.05, 4.69) is 38.1 Å². The quantitative estimate of drug-likeness (QED) is 0.517. The second kappa shape index (κ2) is 6.20. The molecule has 0 aliphatic heterocycles. The van der Waals surface area contributed by atoms with Gasteiger partial charge in [-0.25, -0.2) is 4.98 Å². The van der Waals surface area contributed by atoms with Crippen molar-refractivity contribution >= 4 is 21.8 Å². The van der Waals surface area contributed by atoms with E-state index in [1.807, 2.05) is 0 Å². The Morgan fingerprint density at radius 3 is 3.07 bits per heavy atom. The molecule has 1 rings (SSSR count). The molecule has 0 atom stereocenters. The number of rotatable bonds is 3. The molecule has 0 unspecified atom stereocenters. The maximum absolute atomic E-state index is 11.5. The normalized spacial score (nSPS) is 8.93. The van der Waals surface area contributed by atoms with E-state index in [4.69, 9.17) is 0 Å². The van der Waals surface area contributed by atoms with Crippen LogP contribution in [0.1, 0.15) is 23.8 Å². The van der Waals surface area contributed by atoms with Crippen LogP contribution in [0.5, 0.6) is 0 Å². The molecule has 3 nitrogen and oxygen atoms in total. The molecule has 0 radical (unpaired) electrons. The number of pyridine rings is 1. The zero-order chi connectivity index (χ0) is 11.1. The Morgan fingerprint density at radius 1 is 1.60 bits per heavy atom. The number of hydrogen-bond donors (Lipinski definition) is 1. The largest absolute Gasteiger partial charge is 0.350 e. The predicted molar refractivity (Wildman–Crippen MR) is 62.3 cm³/mol. The number of carbonyl (C=O) groups excluding carboxylic acids is 1. The van der Waals surface area contributed by atoms with Gasteiger partial charge in [0.25, 0.3) is 5.91 Å². The summed E-state index contributed by atoms with van der Waals surface area (Å²) in [7, 11) is 0. The molecule has 0 saturated heterocycles. The highest BCUT2D eigenvalue weighted by Gasteiger charge is 2.05. The fourth-order valence-corrected chi connectivity index (χ4v) is 1.33. The number of aromatic nitrogens is 1. The molecule has 0 bridgehead atoms. The first kappa shape index (κ1) is 11.7. The second-order valence-corrected chi connectivity index (χ2v) is 3.59. The van der Waals surface area contributed by atoms with Crippen molar-refractivity contribution in [2.24, 2.45) is 0 Å². The van der Waals surface area contributed by atoms with Gasteiger partial charge < -0.3 is 5.32 Å².